The zero-order chi connectivity index (χ0) is 19.3. The fraction of sp³-hybridized carbons (Fsp3) is 0.421. The Morgan fingerprint density at radius 1 is 1.39 bits per heavy atom. The van der Waals surface area contributed by atoms with E-state index in [-0.39, 0.29) is 23.5 Å². The summed E-state index contributed by atoms with van der Waals surface area (Å²) in [6.45, 7) is 1.77. The molecule has 0 spiro atoms. The fourth-order valence-corrected chi connectivity index (χ4v) is 4.21. The quantitative estimate of drug-likeness (QED) is 0.498. The Morgan fingerprint density at radius 3 is 3.14 bits per heavy atom. The zero-order valence-corrected chi connectivity index (χ0v) is 16.3. The molecule has 8 nitrogen and oxygen atoms in total. The van der Waals surface area contributed by atoms with Crippen LogP contribution >= 0.6 is 11.8 Å². The van der Waals surface area contributed by atoms with Crippen LogP contribution in [0.25, 0.3) is 10.9 Å². The largest absolute Gasteiger partial charge is 0.376 e. The van der Waals surface area contributed by atoms with E-state index < -0.39 is 0 Å². The number of carbonyl (C=O) groups excluding carboxylic acids is 1. The van der Waals surface area contributed by atoms with E-state index in [1.807, 2.05) is 24.4 Å². The summed E-state index contributed by atoms with van der Waals surface area (Å²) < 4.78 is 7.14. The second-order valence-electron chi connectivity index (χ2n) is 6.81. The molecule has 0 radical (unpaired) electrons. The number of thioether (sulfide) groups is 1. The number of carbonyl (C=O) groups is 1. The average molecular weight is 401 g/mol. The van der Waals surface area contributed by atoms with Crippen molar-refractivity contribution in [3.05, 3.63) is 46.5 Å². The van der Waals surface area contributed by atoms with Crippen molar-refractivity contribution < 1.29 is 9.53 Å². The number of nitrogens with one attached hydrogen (secondary N) is 3. The van der Waals surface area contributed by atoms with E-state index in [0.717, 1.165) is 31.4 Å². The number of rotatable bonds is 8. The topological polar surface area (TPSA) is 105 Å². The summed E-state index contributed by atoms with van der Waals surface area (Å²) >= 11 is 1.26. The van der Waals surface area contributed by atoms with Crippen LogP contribution in [-0.4, -0.2) is 50.7 Å². The number of aromatic amines is 2. The van der Waals surface area contributed by atoms with Crippen LogP contribution in [-0.2, 0) is 22.5 Å². The molecule has 1 aliphatic heterocycles. The van der Waals surface area contributed by atoms with E-state index >= 15 is 0 Å². The molecule has 1 aromatic carbocycles. The third-order valence-electron chi connectivity index (χ3n) is 4.86. The Balaban J connectivity index is 1.26. The number of H-pyrrole nitrogens is 2. The maximum Gasteiger partial charge on any atom is 0.344 e. The van der Waals surface area contributed by atoms with E-state index in [1.165, 1.54) is 22.7 Å². The zero-order valence-electron chi connectivity index (χ0n) is 15.4. The number of aromatic nitrogens is 4. The number of hydrogen-bond donors (Lipinski definition) is 3. The lowest BCUT2D eigenvalue weighted by Gasteiger charge is -2.11. The van der Waals surface area contributed by atoms with Crippen molar-refractivity contribution in [3.63, 3.8) is 0 Å². The first-order valence-electron chi connectivity index (χ1n) is 9.42. The molecule has 9 heteroatoms. The molecule has 0 aliphatic carbocycles. The lowest BCUT2D eigenvalue weighted by atomic mass is 10.1. The van der Waals surface area contributed by atoms with Crippen LogP contribution in [0.1, 0.15) is 18.4 Å². The minimum atomic E-state index is -0.266. The van der Waals surface area contributed by atoms with Gasteiger partial charge >= 0.3 is 5.69 Å². The average Bonchev–Trinajstić information content (AvgIpc) is 3.43. The van der Waals surface area contributed by atoms with Crippen LogP contribution in [0.3, 0.4) is 0 Å². The van der Waals surface area contributed by atoms with E-state index in [4.69, 9.17) is 4.74 Å². The van der Waals surface area contributed by atoms with Gasteiger partial charge in [0, 0.05) is 30.3 Å². The smallest absolute Gasteiger partial charge is 0.344 e. The van der Waals surface area contributed by atoms with Crippen molar-refractivity contribution in [2.45, 2.75) is 37.1 Å². The molecular formula is C19H23N5O3S. The Kier molecular flexibility index (Phi) is 5.82. The molecule has 148 valence electrons. The second kappa shape index (κ2) is 8.66. The fourth-order valence-electron chi connectivity index (χ4n) is 3.42. The van der Waals surface area contributed by atoms with E-state index in [0.29, 0.717) is 18.2 Å². The van der Waals surface area contributed by atoms with Gasteiger partial charge in [0.05, 0.1) is 18.4 Å². The normalized spacial score (nSPS) is 16.6. The highest BCUT2D eigenvalue weighted by Gasteiger charge is 2.20. The van der Waals surface area contributed by atoms with Crippen molar-refractivity contribution >= 4 is 28.6 Å². The lowest BCUT2D eigenvalue weighted by molar-refractivity contribution is -0.118. The molecule has 3 N–H and O–H groups in total. The second-order valence-corrected chi connectivity index (χ2v) is 7.75. The summed E-state index contributed by atoms with van der Waals surface area (Å²) in [5.74, 6) is 0.132. The van der Waals surface area contributed by atoms with Gasteiger partial charge < -0.3 is 15.0 Å². The van der Waals surface area contributed by atoms with E-state index in [9.17, 15) is 9.59 Å². The Labute approximate surface area is 166 Å². The highest BCUT2D eigenvalue weighted by atomic mass is 32.2. The van der Waals surface area contributed by atoms with Gasteiger partial charge in [-0.2, -0.15) is 0 Å². The first kappa shape index (κ1) is 18.8. The molecule has 4 rings (SSSR count). The van der Waals surface area contributed by atoms with Crippen LogP contribution in [0, 0.1) is 0 Å². The van der Waals surface area contributed by atoms with Crippen LogP contribution < -0.4 is 11.0 Å². The molecule has 0 bridgehead atoms. The summed E-state index contributed by atoms with van der Waals surface area (Å²) in [5.41, 5.74) is 2.01. The summed E-state index contributed by atoms with van der Waals surface area (Å²) in [5, 5.41) is 11.1. The lowest BCUT2D eigenvalue weighted by Crippen LogP contribution is -2.28. The minimum Gasteiger partial charge on any atom is -0.376 e. The molecule has 1 aliphatic rings. The van der Waals surface area contributed by atoms with Crippen molar-refractivity contribution in [1.29, 1.82) is 0 Å². The van der Waals surface area contributed by atoms with Gasteiger partial charge in [0.1, 0.15) is 0 Å². The molecule has 0 unspecified atom stereocenters. The van der Waals surface area contributed by atoms with Crippen LogP contribution in [0.15, 0.2) is 40.4 Å². The predicted octanol–water partition coefficient (Wildman–Crippen LogP) is 1.68. The molecule has 0 saturated carbocycles. The molecule has 3 heterocycles. The molecular weight excluding hydrogens is 378 g/mol. The van der Waals surface area contributed by atoms with Gasteiger partial charge in [-0.1, -0.05) is 30.0 Å². The SMILES string of the molecule is O=C(CSc1n[nH]c(=O)n1C[C@H]1CCCO1)NCCc1c[nH]c2ccccc12. The Bertz CT molecular complexity index is 1000. The van der Waals surface area contributed by atoms with Crippen LogP contribution in [0.5, 0.6) is 0 Å². The molecule has 1 fully saturated rings. The maximum absolute atomic E-state index is 12.2. The number of para-hydroxylation sites is 1. The number of nitrogens with zero attached hydrogens (tertiary/aromatic N) is 2. The van der Waals surface area contributed by atoms with Crippen molar-refractivity contribution in [2.24, 2.45) is 0 Å². The predicted molar refractivity (Wildman–Crippen MR) is 108 cm³/mol. The molecule has 3 aromatic rings. The Hall–Kier alpha value is -2.52. The molecule has 1 atom stereocenters. The summed E-state index contributed by atoms with van der Waals surface area (Å²) in [4.78, 5) is 27.4. The Morgan fingerprint density at radius 2 is 2.29 bits per heavy atom. The number of benzene rings is 1. The van der Waals surface area contributed by atoms with Gasteiger partial charge in [-0.15, -0.1) is 5.10 Å². The highest BCUT2D eigenvalue weighted by Crippen LogP contribution is 2.19. The highest BCUT2D eigenvalue weighted by molar-refractivity contribution is 7.99. The number of ether oxygens (including phenoxy) is 1. The molecule has 1 amide bonds. The third-order valence-corrected chi connectivity index (χ3v) is 5.83. The van der Waals surface area contributed by atoms with Gasteiger partial charge in [0.2, 0.25) is 5.91 Å². The van der Waals surface area contributed by atoms with Crippen LogP contribution in [0.4, 0.5) is 0 Å². The monoisotopic (exact) mass is 401 g/mol. The van der Waals surface area contributed by atoms with Crippen molar-refractivity contribution in [3.8, 4) is 0 Å². The van der Waals surface area contributed by atoms with Crippen LogP contribution in [0.2, 0.25) is 0 Å². The number of amides is 1. The molecule has 1 saturated heterocycles. The van der Waals surface area contributed by atoms with Crippen molar-refractivity contribution in [2.75, 3.05) is 18.9 Å². The van der Waals surface area contributed by atoms with Gasteiger partial charge in [0.25, 0.3) is 0 Å². The van der Waals surface area contributed by atoms with Gasteiger partial charge in [0.15, 0.2) is 5.16 Å². The van der Waals surface area contributed by atoms with Crippen molar-refractivity contribution in [1.82, 2.24) is 25.1 Å². The van der Waals surface area contributed by atoms with Gasteiger partial charge in [-0.05, 0) is 30.9 Å². The summed E-state index contributed by atoms with van der Waals surface area (Å²) in [7, 11) is 0. The molecule has 2 aromatic heterocycles. The number of hydrogen-bond acceptors (Lipinski definition) is 5. The van der Waals surface area contributed by atoms with E-state index in [2.05, 4.69) is 26.6 Å². The third kappa shape index (κ3) is 4.31. The first-order chi connectivity index (χ1) is 13.7. The standard InChI is InChI=1S/C19H23N5O3S/c25-17(20-8-7-13-10-21-16-6-2-1-5-15(13)16)12-28-19-23-22-18(26)24(19)11-14-4-3-9-27-14/h1-2,5-6,10,14,21H,3-4,7-9,11-12H2,(H,20,25)(H,22,26)/t14-/m1/s1. The summed E-state index contributed by atoms with van der Waals surface area (Å²) in [6, 6.07) is 8.11. The first-order valence-corrected chi connectivity index (χ1v) is 10.4. The van der Waals surface area contributed by atoms with Gasteiger partial charge in [-0.25, -0.2) is 9.89 Å². The minimum absolute atomic E-state index is 0.0413. The summed E-state index contributed by atoms with van der Waals surface area (Å²) in [6.07, 6.45) is 4.74. The number of fused-ring (bicyclic) bond motifs is 1. The molecule has 28 heavy (non-hydrogen) atoms. The van der Waals surface area contributed by atoms with Gasteiger partial charge in [-0.3, -0.25) is 9.36 Å². The maximum atomic E-state index is 12.2. The van der Waals surface area contributed by atoms with E-state index in [1.54, 1.807) is 4.57 Å².